The van der Waals surface area contributed by atoms with E-state index >= 15 is 0 Å². The molecule has 3 aromatic rings. The molecule has 1 aliphatic heterocycles. The highest BCUT2D eigenvalue weighted by Crippen LogP contribution is 2.32. The van der Waals surface area contributed by atoms with Gasteiger partial charge in [0.25, 0.3) is 5.91 Å². The lowest BCUT2D eigenvalue weighted by Crippen LogP contribution is -2.42. The Kier molecular flexibility index (Phi) is 8.08. The Morgan fingerprint density at radius 3 is 2.47 bits per heavy atom. The van der Waals surface area contributed by atoms with E-state index < -0.39 is 30.5 Å². The van der Waals surface area contributed by atoms with Gasteiger partial charge in [0.05, 0.1) is 23.3 Å². The molecule has 202 valence electrons. The van der Waals surface area contributed by atoms with Gasteiger partial charge in [-0.3, -0.25) is 9.59 Å². The highest BCUT2D eigenvalue weighted by atomic mass is 19.4. The number of aryl methyl sites for hydroxylation is 2. The number of carbonyl (C=O) groups excluding carboxylic acids is 1. The van der Waals surface area contributed by atoms with Gasteiger partial charge in [-0.2, -0.15) is 18.3 Å². The summed E-state index contributed by atoms with van der Waals surface area (Å²) in [5.74, 6) is -1.73. The zero-order chi connectivity index (χ0) is 27.4. The van der Waals surface area contributed by atoms with E-state index in [2.05, 4.69) is 10.4 Å². The molecular weight excluding hydrogens is 497 g/mol. The second kappa shape index (κ2) is 11.3. The van der Waals surface area contributed by atoms with Gasteiger partial charge < -0.3 is 15.3 Å². The third-order valence-electron chi connectivity index (χ3n) is 6.86. The topological polar surface area (TPSA) is 87.5 Å². The third kappa shape index (κ3) is 6.73. The predicted molar refractivity (Wildman–Crippen MR) is 137 cm³/mol. The van der Waals surface area contributed by atoms with Crippen LogP contribution < -0.4 is 5.32 Å². The minimum absolute atomic E-state index is 0.157. The van der Waals surface area contributed by atoms with Crippen LogP contribution in [0, 0.1) is 19.8 Å². The molecule has 0 radical (unpaired) electrons. The summed E-state index contributed by atoms with van der Waals surface area (Å²) < 4.78 is 41.1. The Hall–Kier alpha value is -3.82. The molecule has 0 bridgehead atoms. The zero-order valence-corrected chi connectivity index (χ0v) is 21.3. The average Bonchev–Trinajstić information content (AvgIpc) is 3.32. The van der Waals surface area contributed by atoms with Crippen LogP contribution in [0.4, 0.5) is 18.9 Å². The van der Waals surface area contributed by atoms with Crippen molar-refractivity contribution in [2.75, 3.05) is 18.4 Å². The maximum Gasteiger partial charge on any atom is 0.389 e. The molecule has 0 aliphatic carbocycles. The first-order chi connectivity index (χ1) is 18.0. The summed E-state index contributed by atoms with van der Waals surface area (Å²) in [6.45, 7) is 4.41. The number of anilines is 1. The van der Waals surface area contributed by atoms with Crippen molar-refractivity contribution in [3.63, 3.8) is 0 Å². The lowest BCUT2D eigenvalue weighted by Gasteiger charge is -2.30. The Balaban J connectivity index is 1.51. The number of hydrogen-bond acceptors (Lipinski definition) is 4. The molecule has 1 aliphatic rings. The van der Waals surface area contributed by atoms with Crippen molar-refractivity contribution in [1.82, 2.24) is 14.7 Å². The zero-order valence-electron chi connectivity index (χ0n) is 21.3. The molecule has 7 nitrogen and oxygen atoms in total. The van der Waals surface area contributed by atoms with Crippen LogP contribution in [0.15, 0.2) is 54.7 Å². The minimum atomic E-state index is -4.29. The van der Waals surface area contributed by atoms with Crippen molar-refractivity contribution in [2.24, 2.45) is 5.92 Å². The molecule has 2 aromatic carbocycles. The van der Waals surface area contributed by atoms with Crippen LogP contribution in [-0.4, -0.2) is 50.9 Å². The number of carboxylic acids is 1. The van der Waals surface area contributed by atoms with Crippen LogP contribution in [0.2, 0.25) is 0 Å². The Morgan fingerprint density at radius 2 is 1.87 bits per heavy atom. The van der Waals surface area contributed by atoms with Gasteiger partial charge in [0.15, 0.2) is 0 Å². The molecule has 1 unspecified atom stereocenters. The number of nitrogens with zero attached hydrogens (tertiary/aromatic N) is 3. The lowest BCUT2D eigenvalue weighted by atomic mass is 9.96. The summed E-state index contributed by atoms with van der Waals surface area (Å²) in [5.41, 5.74) is 4.25. The van der Waals surface area contributed by atoms with Crippen LogP contribution in [-0.2, 0) is 4.79 Å². The molecule has 38 heavy (non-hydrogen) atoms. The number of hydrogen-bond donors (Lipinski definition) is 2. The fourth-order valence-corrected chi connectivity index (χ4v) is 4.82. The number of alkyl halides is 3. The number of benzene rings is 2. The number of carboxylic acid groups (broad SMARTS) is 1. The number of piperidine rings is 1. The smallest absolute Gasteiger partial charge is 0.389 e. The second-order valence-corrected chi connectivity index (χ2v) is 9.80. The molecule has 0 saturated carbocycles. The Morgan fingerprint density at radius 1 is 1.13 bits per heavy atom. The van der Waals surface area contributed by atoms with Crippen LogP contribution in [0.25, 0.3) is 5.69 Å². The van der Waals surface area contributed by atoms with E-state index in [1.54, 1.807) is 33.8 Å². The van der Waals surface area contributed by atoms with Crippen molar-refractivity contribution in [1.29, 1.82) is 0 Å². The van der Waals surface area contributed by atoms with Gasteiger partial charge in [0, 0.05) is 37.0 Å². The monoisotopic (exact) mass is 528 g/mol. The van der Waals surface area contributed by atoms with Gasteiger partial charge in [0.2, 0.25) is 0 Å². The normalized spacial score (nSPS) is 16.8. The number of likely N-dealkylation sites (tertiary alicyclic amines) is 1. The molecule has 1 amide bonds. The van der Waals surface area contributed by atoms with Crippen LogP contribution in [0.3, 0.4) is 0 Å². The predicted octanol–water partition coefficient (Wildman–Crippen LogP) is 5.92. The van der Waals surface area contributed by atoms with E-state index in [4.69, 9.17) is 0 Å². The van der Waals surface area contributed by atoms with E-state index in [1.807, 2.05) is 44.3 Å². The molecule has 10 heteroatoms. The lowest BCUT2D eigenvalue weighted by molar-refractivity contribution is -0.143. The van der Waals surface area contributed by atoms with E-state index in [0.717, 1.165) is 22.5 Å². The van der Waals surface area contributed by atoms with Crippen LogP contribution >= 0.6 is 0 Å². The maximum absolute atomic E-state index is 13.1. The summed E-state index contributed by atoms with van der Waals surface area (Å²) in [6.07, 6.45) is -2.39. The SMILES string of the molecule is Cc1ccn(-c2ccc(C(CCC(F)(F)F)Nc3ccc(C(=O)N4CCC[C@@H](C(=O)O)C4)cc3)c(C)c2)n1. The van der Waals surface area contributed by atoms with Crippen molar-refractivity contribution in [3.8, 4) is 5.69 Å². The number of aliphatic carboxylic acids is 1. The van der Waals surface area contributed by atoms with Gasteiger partial charge in [-0.1, -0.05) is 6.07 Å². The highest BCUT2D eigenvalue weighted by Gasteiger charge is 2.30. The number of rotatable bonds is 8. The molecular formula is C28H31F3N4O3. The van der Waals surface area contributed by atoms with E-state index in [9.17, 15) is 27.9 Å². The fraction of sp³-hybridized carbons (Fsp3) is 0.393. The van der Waals surface area contributed by atoms with Crippen LogP contribution in [0.5, 0.6) is 0 Å². The highest BCUT2D eigenvalue weighted by molar-refractivity contribution is 5.95. The molecule has 4 rings (SSSR count). The van der Waals surface area contributed by atoms with E-state index in [0.29, 0.717) is 30.6 Å². The molecule has 2 atom stereocenters. The number of halogens is 3. The summed E-state index contributed by atoms with van der Waals surface area (Å²) in [6, 6.07) is 13.4. The second-order valence-electron chi connectivity index (χ2n) is 9.80. The molecule has 1 aromatic heterocycles. The number of carbonyl (C=O) groups is 2. The van der Waals surface area contributed by atoms with Gasteiger partial charge in [-0.25, -0.2) is 4.68 Å². The van der Waals surface area contributed by atoms with E-state index in [1.165, 1.54) is 0 Å². The van der Waals surface area contributed by atoms with E-state index in [-0.39, 0.29) is 18.9 Å². The Labute approximate surface area is 219 Å². The summed E-state index contributed by atoms with van der Waals surface area (Å²) in [4.78, 5) is 25.8. The first-order valence-electron chi connectivity index (χ1n) is 12.6. The number of aromatic nitrogens is 2. The van der Waals surface area contributed by atoms with Crippen molar-refractivity contribution in [3.05, 3.63) is 77.1 Å². The molecule has 2 heterocycles. The van der Waals surface area contributed by atoms with Gasteiger partial charge in [-0.05, 0) is 86.7 Å². The van der Waals surface area contributed by atoms with Gasteiger partial charge in [-0.15, -0.1) is 0 Å². The van der Waals surface area contributed by atoms with Crippen LogP contribution in [0.1, 0.15) is 58.9 Å². The molecule has 2 N–H and O–H groups in total. The maximum atomic E-state index is 13.1. The molecule has 0 spiro atoms. The Bertz CT molecular complexity index is 1290. The van der Waals surface area contributed by atoms with Crippen molar-refractivity contribution in [2.45, 2.75) is 51.7 Å². The quantitative estimate of drug-likeness (QED) is 0.379. The molecule has 1 fully saturated rings. The van der Waals surface area contributed by atoms with Gasteiger partial charge >= 0.3 is 12.1 Å². The average molecular weight is 529 g/mol. The fourth-order valence-electron chi connectivity index (χ4n) is 4.82. The largest absolute Gasteiger partial charge is 0.481 e. The van der Waals surface area contributed by atoms with Crippen molar-refractivity contribution < 1.29 is 27.9 Å². The minimum Gasteiger partial charge on any atom is -0.481 e. The summed E-state index contributed by atoms with van der Waals surface area (Å²) >= 11 is 0. The summed E-state index contributed by atoms with van der Waals surface area (Å²) in [5, 5.41) is 16.9. The van der Waals surface area contributed by atoms with Gasteiger partial charge in [0.1, 0.15) is 0 Å². The molecule has 1 saturated heterocycles. The summed E-state index contributed by atoms with van der Waals surface area (Å²) in [7, 11) is 0. The van der Waals surface area contributed by atoms with Crippen molar-refractivity contribution >= 4 is 17.6 Å². The first-order valence-corrected chi connectivity index (χ1v) is 12.6. The number of nitrogens with one attached hydrogen (secondary N) is 1. The third-order valence-corrected chi connectivity index (χ3v) is 6.86. The first kappa shape index (κ1) is 27.2. The number of amides is 1. The standard InChI is InChI=1S/C28H31F3N4O3/c1-18-16-23(35-15-12-19(2)33-35)9-10-24(18)25(11-13-28(29,30)31)32-22-7-5-20(6-8-22)26(36)34-14-3-4-21(17-34)27(37)38/h5-10,12,15-16,21,25,32H,3-4,11,13-14,17H2,1-2H3,(H,37,38)/t21-,25?/m1/s1.